The van der Waals surface area contributed by atoms with Crippen molar-refractivity contribution < 1.29 is 9.90 Å². The molecule has 1 N–H and O–H groups in total. The second-order valence-electron chi connectivity index (χ2n) is 7.28. The molecule has 0 aromatic rings. The number of nitrogens with zero attached hydrogens (tertiary/aromatic N) is 1. The number of aliphatic carboxylic acids is 1. The van der Waals surface area contributed by atoms with E-state index in [1.807, 2.05) is 14.1 Å². The Morgan fingerprint density at radius 1 is 0.875 bits per heavy atom. The Hall–Kier alpha value is -0.830. The summed E-state index contributed by atoms with van der Waals surface area (Å²) in [4.78, 5) is 13.5. The van der Waals surface area contributed by atoms with E-state index < -0.39 is 5.97 Å². The van der Waals surface area contributed by atoms with Crippen molar-refractivity contribution in [2.24, 2.45) is 0 Å². The summed E-state index contributed by atoms with van der Waals surface area (Å²) in [5, 5.41) is 9.36. The number of carbonyl (C=O) groups is 1. The molecule has 0 aromatic carbocycles. The molecule has 0 saturated carbocycles. The average Bonchev–Trinajstić information content (AvgIpc) is 2.54. The summed E-state index contributed by atoms with van der Waals surface area (Å²) in [7, 11) is 4.09. The van der Waals surface area contributed by atoms with Crippen LogP contribution < -0.4 is 0 Å². The zero-order valence-corrected chi connectivity index (χ0v) is 16.9. The summed E-state index contributed by atoms with van der Waals surface area (Å²) >= 11 is 0. The van der Waals surface area contributed by atoms with Crippen molar-refractivity contribution in [1.29, 1.82) is 0 Å². The normalized spacial score (nSPS) is 13.9. The molecule has 0 amide bonds. The molecule has 0 spiro atoms. The molecule has 0 bridgehead atoms. The molecule has 24 heavy (non-hydrogen) atoms. The molecule has 0 aromatic heterocycles. The highest BCUT2D eigenvalue weighted by Gasteiger charge is 2.19. The Morgan fingerprint density at radius 2 is 1.33 bits per heavy atom. The van der Waals surface area contributed by atoms with Crippen molar-refractivity contribution in [3.63, 3.8) is 0 Å². The Morgan fingerprint density at radius 3 is 1.71 bits per heavy atom. The fourth-order valence-electron chi connectivity index (χ4n) is 3.47. The van der Waals surface area contributed by atoms with Crippen LogP contribution in [0.1, 0.15) is 97.8 Å². The number of carboxylic acids is 1. The van der Waals surface area contributed by atoms with Gasteiger partial charge in [-0.2, -0.15) is 0 Å². The van der Waals surface area contributed by atoms with Crippen LogP contribution in [0.25, 0.3) is 0 Å². The first-order chi connectivity index (χ1) is 11.5. The van der Waals surface area contributed by atoms with E-state index in [1.165, 1.54) is 57.8 Å². The lowest BCUT2D eigenvalue weighted by Gasteiger charge is -2.27. The van der Waals surface area contributed by atoms with E-state index in [-0.39, 0.29) is 6.04 Å². The van der Waals surface area contributed by atoms with E-state index in [0.29, 0.717) is 5.57 Å². The number of carboxylic acid groups (broad SMARTS) is 1. The van der Waals surface area contributed by atoms with Gasteiger partial charge in [-0.25, -0.2) is 4.79 Å². The van der Waals surface area contributed by atoms with Crippen molar-refractivity contribution in [3.8, 4) is 0 Å². The highest BCUT2D eigenvalue weighted by atomic mass is 16.4. The molecule has 0 fully saturated rings. The molecule has 0 saturated heterocycles. The van der Waals surface area contributed by atoms with Crippen LogP contribution >= 0.6 is 0 Å². The van der Waals surface area contributed by atoms with Gasteiger partial charge in [0, 0.05) is 11.6 Å². The summed E-state index contributed by atoms with van der Waals surface area (Å²) in [6.07, 6.45) is 15.0. The van der Waals surface area contributed by atoms with Gasteiger partial charge in [0.15, 0.2) is 0 Å². The molecule has 0 aliphatic rings. The predicted molar refractivity (Wildman–Crippen MR) is 105 cm³/mol. The number of hydrogen-bond acceptors (Lipinski definition) is 2. The van der Waals surface area contributed by atoms with Gasteiger partial charge in [-0.15, -0.1) is 0 Å². The van der Waals surface area contributed by atoms with Crippen molar-refractivity contribution in [1.82, 2.24) is 4.90 Å². The maximum Gasteiger partial charge on any atom is 0.331 e. The van der Waals surface area contributed by atoms with Crippen LogP contribution in [0.15, 0.2) is 11.1 Å². The lowest BCUT2D eigenvalue weighted by atomic mass is 9.92. The Bertz CT molecular complexity index is 361. The number of likely N-dealkylation sites (N-methyl/N-ethyl adjacent to an activating group) is 1. The molecule has 0 aliphatic carbocycles. The van der Waals surface area contributed by atoms with E-state index in [0.717, 1.165) is 24.8 Å². The van der Waals surface area contributed by atoms with Crippen molar-refractivity contribution in [3.05, 3.63) is 11.1 Å². The minimum atomic E-state index is -0.766. The summed E-state index contributed by atoms with van der Waals surface area (Å²) in [5.41, 5.74) is 1.67. The molecule has 3 nitrogen and oxygen atoms in total. The van der Waals surface area contributed by atoms with E-state index in [2.05, 4.69) is 18.7 Å². The van der Waals surface area contributed by atoms with Crippen molar-refractivity contribution in [2.45, 2.75) is 104 Å². The largest absolute Gasteiger partial charge is 0.478 e. The highest BCUT2D eigenvalue weighted by molar-refractivity contribution is 5.87. The fraction of sp³-hybridized carbons (Fsp3) is 0.857. The molecule has 0 heterocycles. The lowest BCUT2D eigenvalue weighted by Crippen LogP contribution is -2.30. The SMILES string of the molecule is CCCCCCCCCCCC/C(=C(\C)C(=O)O)C(CC)N(C)C. The Balaban J connectivity index is 4.13. The summed E-state index contributed by atoms with van der Waals surface area (Å²) < 4.78 is 0. The van der Waals surface area contributed by atoms with Gasteiger partial charge in [0.2, 0.25) is 0 Å². The Kier molecular flexibility index (Phi) is 14.0. The van der Waals surface area contributed by atoms with Crippen LogP contribution in [-0.4, -0.2) is 36.1 Å². The quantitative estimate of drug-likeness (QED) is 0.292. The van der Waals surface area contributed by atoms with Crippen LogP contribution in [0.2, 0.25) is 0 Å². The van der Waals surface area contributed by atoms with E-state index in [1.54, 1.807) is 6.92 Å². The number of unbranched alkanes of at least 4 members (excludes halogenated alkanes) is 9. The first kappa shape index (κ1) is 23.2. The second-order valence-corrected chi connectivity index (χ2v) is 7.28. The number of hydrogen-bond donors (Lipinski definition) is 1. The second kappa shape index (κ2) is 14.5. The van der Waals surface area contributed by atoms with Gasteiger partial charge < -0.3 is 10.0 Å². The maximum atomic E-state index is 11.4. The van der Waals surface area contributed by atoms with Gasteiger partial charge >= 0.3 is 5.97 Å². The van der Waals surface area contributed by atoms with Gasteiger partial charge in [0.1, 0.15) is 0 Å². The zero-order chi connectivity index (χ0) is 18.4. The minimum Gasteiger partial charge on any atom is -0.478 e. The molecule has 3 heteroatoms. The van der Waals surface area contributed by atoms with Crippen LogP contribution in [0.4, 0.5) is 0 Å². The fourth-order valence-corrected chi connectivity index (χ4v) is 3.47. The first-order valence-electron chi connectivity index (χ1n) is 10.0. The summed E-state index contributed by atoms with van der Waals surface area (Å²) in [6.45, 7) is 6.16. The lowest BCUT2D eigenvalue weighted by molar-refractivity contribution is -0.132. The first-order valence-corrected chi connectivity index (χ1v) is 10.0. The van der Waals surface area contributed by atoms with Crippen molar-refractivity contribution >= 4 is 5.97 Å². The molecular weight excluding hydrogens is 298 g/mol. The van der Waals surface area contributed by atoms with Crippen LogP contribution in [0.5, 0.6) is 0 Å². The Labute approximate surface area is 150 Å². The van der Waals surface area contributed by atoms with Gasteiger partial charge in [0.05, 0.1) is 0 Å². The van der Waals surface area contributed by atoms with Crippen LogP contribution in [0, 0.1) is 0 Å². The number of rotatable bonds is 15. The molecule has 1 atom stereocenters. The average molecular weight is 340 g/mol. The topological polar surface area (TPSA) is 40.5 Å². The van der Waals surface area contributed by atoms with Crippen LogP contribution in [-0.2, 0) is 4.79 Å². The smallest absolute Gasteiger partial charge is 0.331 e. The molecule has 142 valence electrons. The standard InChI is InChI=1S/C21H41NO2/c1-6-8-9-10-11-12-13-14-15-16-17-19(18(3)21(23)24)20(7-2)22(4)5/h20H,6-17H2,1-5H3,(H,23,24)/b19-18-. The third-order valence-electron chi connectivity index (χ3n) is 5.01. The minimum absolute atomic E-state index is 0.250. The van der Waals surface area contributed by atoms with E-state index >= 15 is 0 Å². The van der Waals surface area contributed by atoms with Gasteiger partial charge in [-0.1, -0.05) is 71.6 Å². The van der Waals surface area contributed by atoms with E-state index in [4.69, 9.17) is 0 Å². The third kappa shape index (κ3) is 10.1. The predicted octanol–water partition coefficient (Wildman–Crippen LogP) is 6.04. The van der Waals surface area contributed by atoms with Gasteiger partial charge in [-0.3, -0.25) is 0 Å². The van der Waals surface area contributed by atoms with Gasteiger partial charge in [-0.05, 0) is 45.9 Å². The maximum absolute atomic E-state index is 11.4. The third-order valence-corrected chi connectivity index (χ3v) is 5.01. The summed E-state index contributed by atoms with van der Waals surface area (Å²) in [6, 6.07) is 0.250. The molecule has 0 aliphatic heterocycles. The van der Waals surface area contributed by atoms with Crippen LogP contribution in [0.3, 0.4) is 0 Å². The monoisotopic (exact) mass is 339 g/mol. The highest BCUT2D eigenvalue weighted by Crippen LogP contribution is 2.23. The molecule has 0 rings (SSSR count). The summed E-state index contributed by atoms with van der Waals surface area (Å²) in [5.74, 6) is -0.766. The molecule has 0 radical (unpaired) electrons. The van der Waals surface area contributed by atoms with Crippen molar-refractivity contribution in [2.75, 3.05) is 14.1 Å². The zero-order valence-electron chi connectivity index (χ0n) is 16.9. The van der Waals surface area contributed by atoms with E-state index in [9.17, 15) is 9.90 Å². The molecule has 1 unspecified atom stereocenters. The molecular formula is C21H41NO2. The van der Waals surface area contributed by atoms with Gasteiger partial charge in [0.25, 0.3) is 0 Å².